The molecule has 3 saturated heterocycles. The Morgan fingerprint density at radius 2 is 2.00 bits per heavy atom. The molecule has 0 amide bonds. The first-order valence-electron chi connectivity index (χ1n) is 6.98. The molecule has 1 N–H and O–H groups in total. The summed E-state index contributed by atoms with van der Waals surface area (Å²) in [5.74, 6) is 0.695. The highest BCUT2D eigenvalue weighted by atomic mass is 16.5. The number of ether oxygens (including phenoxy) is 2. The van der Waals surface area contributed by atoms with Crippen LogP contribution in [0.2, 0.25) is 0 Å². The van der Waals surface area contributed by atoms with Crippen molar-refractivity contribution in [3.8, 4) is 0 Å². The SMILES string of the molecule is CNC(CN1CC2CCC(C1)O2)C1CCOC1. The van der Waals surface area contributed by atoms with Gasteiger partial charge in [0.1, 0.15) is 0 Å². The van der Waals surface area contributed by atoms with Crippen molar-refractivity contribution < 1.29 is 9.47 Å². The van der Waals surface area contributed by atoms with E-state index in [1.54, 1.807) is 0 Å². The maximum atomic E-state index is 5.88. The molecule has 0 radical (unpaired) electrons. The predicted octanol–water partition coefficient (Wildman–Crippen LogP) is 0.474. The first-order chi connectivity index (χ1) is 8.35. The van der Waals surface area contributed by atoms with Crippen LogP contribution < -0.4 is 5.32 Å². The first kappa shape index (κ1) is 11.9. The Hall–Kier alpha value is -0.160. The van der Waals surface area contributed by atoms with E-state index in [4.69, 9.17) is 9.47 Å². The van der Waals surface area contributed by atoms with Gasteiger partial charge in [-0.2, -0.15) is 0 Å². The highest BCUT2D eigenvalue weighted by Crippen LogP contribution is 2.27. The summed E-state index contributed by atoms with van der Waals surface area (Å²) in [7, 11) is 2.08. The Morgan fingerprint density at radius 1 is 1.24 bits per heavy atom. The third-order valence-corrected chi connectivity index (χ3v) is 4.48. The normalized spacial score (nSPS) is 39.7. The van der Waals surface area contributed by atoms with Crippen molar-refractivity contribution in [3.05, 3.63) is 0 Å². The summed E-state index contributed by atoms with van der Waals surface area (Å²) in [5.41, 5.74) is 0. The standard InChI is InChI=1S/C13H24N2O2/c1-14-13(10-4-5-16-9-10)8-15-6-11-2-3-12(7-15)17-11/h10-14H,2-9H2,1H3. The number of rotatable bonds is 4. The highest BCUT2D eigenvalue weighted by molar-refractivity contribution is 4.88. The third kappa shape index (κ3) is 2.65. The van der Waals surface area contributed by atoms with Crippen LogP contribution in [0, 0.1) is 5.92 Å². The van der Waals surface area contributed by atoms with E-state index >= 15 is 0 Å². The van der Waals surface area contributed by atoms with E-state index in [0.29, 0.717) is 24.2 Å². The number of likely N-dealkylation sites (tertiary alicyclic amines) is 1. The van der Waals surface area contributed by atoms with E-state index in [1.165, 1.54) is 19.3 Å². The van der Waals surface area contributed by atoms with Crippen LogP contribution in [0.15, 0.2) is 0 Å². The molecule has 0 spiro atoms. The summed E-state index contributed by atoms with van der Waals surface area (Å²) in [5, 5.41) is 3.48. The minimum absolute atomic E-state index is 0.506. The van der Waals surface area contributed by atoms with Crippen LogP contribution in [-0.2, 0) is 9.47 Å². The van der Waals surface area contributed by atoms with Crippen LogP contribution in [0.5, 0.6) is 0 Å². The second-order valence-electron chi connectivity index (χ2n) is 5.69. The summed E-state index contributed by atoms with van der Waals surface area (Å²) >= 11 is 0. The van der Waals surface area contributed by atoms with Crippen LogP contribution >= 0.6 is 0 Å². The molecule has 3 heterocycles. The molecule has 3 fully saturated rings. The average molecular weight is 240 g/mol. The van der Waals surface area contributed by atoms with Crippen molar-refractivity contribution in [2.24, 2.45) is 5.92 Å². The quantitative estimate of drug-likeness (QED) is 0.775. The van der Waals surface area contributed by atoms with Crippen molar-refractivity contribution in [1.82, 2.24) is 10.2 Å². The van der Waals surface area contributed by atoms with Gasteiger partial charge in [-0.05, 0) is 26.3 Å². The maximum absolute atomic E-state index is 5.88. The fraction of sp³-hybridized carbons (Fsp3) is 1.00. The van der Waals surface area contributed by atoms with Crippen LogP contribution in [0.3, 0.4) is 0 Å². The molecular weight excluding hydrogens is 216 g/mol. The molecule has 4 heteroatoms. The summed E-state index contributed by atoms with van der Waals surface area (Å²) in [6.45, 7) is 5.28. The fourth-order valence-corrected chi connectivity index (χ4v) is 3.47. The van der Waals surface area contributed by atoms with Gasteiger partial charge in [0, 0.05) is 38.2 Å². The van der Waals surface area contributed by atoms with Crippen LogP contribution in [-0.4, -0.2) is 63.0 Å². The van der Waals surface area contributed by atoms with Gasteiger partial charge in [0.15, 0.2) is 0 Å². The topological polar surface area (TPSA) is 33.7 Å². The van der Waals surface area contributed by atoms with Gasteiger partial charge in [0.2, 0.25) is 0 Å². The zero-order valence-electron chi connectivity index (χ0n) is 10.7. The number of morpholine rings is 1. The van der Waals surface area contributed by atoms with E-state index in [1.807, 2.05) is 0 Å². The predicted molar refractivity (Wildman–Crippen MR) is 66.1 cm³/mol. The fourth-order valence-electron chi connectivity index (χ4n) is 3.47. The zero-order valence-corrected chi connectivity index (χ0v) is 10.7. The number of hydrogen-bond donors (Lipinski definition) is 1. The summed E-state index contributed by atoms with van der Waals surface area (Å²) in [4.78, 5) is 2.59. The van der Waals surface area contributed by atoms with Crippen LogP contribution in [0.1, 0.15) is 19.3 Å². The number of nitrogens with zero attached hydrogens (tertiary/aromatic N) is 1. The zero-order chi connectivity index (χ0) is 11.7. The van der Waals surface area contributed by atoms with Gasteiger partial charge in [-0.15, -0.1) is 0 Å². The van der Waals surface area contributed by atoms with Gasteiger partial charge >= 0.3 is 0 Å². The van der Waals surface area contributed by atoms with E-state index < -0.39 is 0 Å². The lowest BCUT2D eigenvalue weighted by Crippen LogP contribution is -2.50. The average Bonchev–Trinajstić information content (AvgIpc) is 2.96. The van der Waals surface area contributed by atoms with Crippen LogP contribution in [0.25, 0.3) is 0 Å². The van der Waals surface area contributed by atoms with Gasteiger partial charge in [-0.1, -0.05) is 0 Å². The largest absolute Gasteiger partial charge is 0.381 e. The Labute approximate surface area is 104 Å². The molecule has 0 aliphatic carbocycles. The van der Waals surface area contributed by atoms with E-state index in [2.05, 4.69) is 17.3 Å². The summed E-state index contributed by atoms with van der Waals surface area (Å²) in [6, 6.07) is 0.579. The monoisotopic (exact) mass is 240 g/mol. The smallest absolute Gasteiger partial charge is 0.0707 e. The summed E-state index contributed by atoms with van der Waals surface area (Å²) < 4.78 is 11.4. The second-order valence-corrected chi connectivity index (χ2v) is 5.69. The Balaban J connectivity index is 1.54. The lowest BCUT2D eigenvalue weighted by Gasteiger charge is -2.35. The van der Waals surface area contributed by atoms with Gasteiger partial charge in [0.05, 0.1) is 18.8 Å². The van der Waals surface area contributed by atoms with Crippen molar-refractivity contribution in [2.75, 3.05) is 39.9 Å². The molecule has 0 aromatic carbocycles. The molecular formula is C13H24N2O2. The van der Waals surface area contributed by atoms with Gasteiger partial charge in [-0.3, -0.25) is 4.90 Å². The van der Waals surface area contributed by atoms with Crippen molar-refractivity contribution in [2.45, 2.75) is 37.5 Å². The van der Waals surface area contributed by atoms with Crippen molar-refractivity contribution >= 4 is 0 Å². The lowest BCUT2D eigenvalue weighted by atomic mass is 9.98. The molecule has 3 rings (SSSR count). The molecule has 0 aromatic rings. The van der Waals surface area contributed by atoms with Crippen LogP contribution in [0.4, 0.5) is 0 Å². The Kier molecular flexibility index (Phi) is 3.66. The molecule has 0 aromatic heterocycles. The van der Waals surface area contributed by atoms with Gasteiger partial charge in [0.25, 0.3) is 0 Å². The Bertz CT molecular complexity index is 244. The summed E-state index contributed by atoms with van der Waals surface area (Å²) in [6.07, 6.45) is 4.75. The molecule has 3 aliphatic heterocycles. The van der Waals surface area contributed by atoms with E-state index in [9.17, 15) is 0 Å². The lowest BCUT2D eigenvalue weighted by molar-refractivity contribution is -0.0422. The highest BCUT2D eigenvalue weighted by Gasteiger charge is 2.35. The van der Waals surface area contributed by atoms with Gasteiger partial charge < -0.3 is 14.8 Å². The molecule has 0 saturated carbocycles. The third-order valence-electron chi connectivity index (χ3n) is 4.48. The Morgan fingerprint density at radius 3 is 2.59 bits per heavy atom. The molecule has 98 valence electrons. The molecule has 4 nitrogen and oxygen atoms in total. The minimum Gasteiger partial charge on any atom is -0.381 e. The number of likely N-dealkylation sites (N-methyl/N-ethyl adjacent to an activating group) is 1. The van der Waals surface area contributed by atoms with Crippen molar-refractivity contribution in [3.63, 3.8) is 0 Å². The van der Waals surface area contributed by atoms with Gasteiger partial charge in [-0.25, -0.2) is 0 Å². The number of fused-ring (bicyclic) bond motifs is 2. The molecule has 17 heavy (non-hydrogen) atoms. The van der Waals surface area contributed by atoms with E-state index in [-0.39, 0.29) is 0 Å². The first-order valence-corrected chi connectivity index (χ1v) is 6.98. The maximum Gasteiger partial charge on any atom is 0.0707 e. The van der Waals surface area contributed by atoms with Crippen molar-refractivity contribution in [1.29, 1.82) is 0 Å². The molecule has 2 bridgehead atoms. The number of hydrogen-bond acceptors (Lipinski definition) is 4. The molecule has 4 unspecified atom stereocenters. The second kappa shape index (κ2) is 5.22. The minimum atomic E-state index is 0.506. The van der Waals surface area contributed by atoms with E-state index in [0.717, 1.165) is 32.8 Å². The molecule has 3 aliphatic rings. The number of nitrogens with one attached hydrogen (secondary N) is 1. The molecule has 4 atom stereocenters.